The van der Waals surface area contributed by atoms with Crippen molar-refractivity contribution >= 4 is 46.3 Å². The number of rotatable bonds is 10. The Morgan fingerprint density at radius 3 is 2.78 bits per heavy atom. The van der Waals surface area contributed by atoms with Crippen molar-refractivity contribution in [3.63, 3.8) is 0 Å². The van der Waals surface area contributed by atoms with E-state index >= 15 is 0 Å². The zero-order chi connectivity index (χ0) is 19.8. The number of methoxy groups -OCH3 is 1. The van der Waals surface area contributed by atoms with Gasteiger partial charge in [0.2, 0.25) is 0 Å². The Balaban J connectivity index is 2.10. The second-order valence-electron chi connectivity index (χ2n) is 5.94. The number of ether oxygens (including phenoxy) is 2. The molecule has 0 atom stereocenters. The fourth-order valence-electron chi connectivity index (χ4n) is 2.48. The lowest BCUT2D eigenvalue weighted by molar-refractivity contribution is -0.137. The number of aliphatic carboxylic acids is 1. The van der Waals surface area contributed by atoms with Crippen LogP contribution in [0.25, 0.3) is 6.08 Å². The molecule has 1 heterocycles. The number of nitrogens with zero attached hydrogens (tertiary/aromatic N) is 1. The molecule has 0 bridgehead atoms. The number of carboxylic acid groups (broad SMARTS) is 1. The van der Waals surface area contributed by atoms with Crippen LogP contribution < -0.4 is 9.47 Å². The van der Waals surface area contributed by atoms with E-state index in [0.717, 1.165) is 24.8 Å². The fraction of sp³-hybridized carbons (Fsp3) is 0.421. The Bertz CT molecular complexity index is 748. The number of carboxylic acids is 1. The monoisotopic (exact) mass is 409 g/mol. The van der Waals surface area contributed by atoms with Crippen LogP contribution in [0.2, 0.25) is 0 Å². The van der Waals surface area contributed by atoms with E-state index in [1.807, 2.05) is 12.1 Å². The summed E-state index contributed by atoms with van der Waals surface area (Å²) in [5.74, 6) is 0.0266. The largest absolute Gasteiger partial charge is 0.493 e. The molecule has 146 valence electrons. The zero-order valence-corrected chi connectivity index (χ0v) is 17.0. The Kier molecular flexibility index (Phi) is 8.12. The first-order valence-corrected chi connectivity index (χ1v) is 9.96. The maximum Gasteiger partial charge on any atom is 0.305 e. The Morgan fingerprint density at radius 2 is 2.11 bits per heavy atom. The van der Waals surface area contributed by atoms with Crippen LogP contribution in [-0.2, 0) is 9.59 Å². The first kappa shape index (κ1) is 21.2. The first-order chi connectivity index (χ1) is 13.0. The molecule has 0 radical (unpaired) electrons. The average molecular weight is 410 g/mol. The highest BCUT2D eigenvalue weighted by Gasteiger charge is 2.32. The lowest BCUT2D eigenvalue weighted by Gasteiger charge is -2.12. The number of amides is 1. The molecule has 1 aliphatic heterocycles. The average Bonchev–Trinajstić information content (AvgIpc) is 2.90. The molecule has 27 heavy (non-hydrogen) atoms. The van der Waals surface area contributed by atoms with Gasteiger partial charge in [0, 0.05) is 6.54 Å². The van der Waals surface area contributed by atoms with E-state index in [0.29, 0.717) is 27.3 Å². The molecular weight excluding hydrogens is 386 g/mol. The highest BCUT2D eigenvalue weighted by Crippen LogP contribution is 2.34. The molecule has 1 aliphatic rings. The summed E-state index contributed by atoms with van der Waals surface area (Å²) in [6, 6.07) is 5.47. The SMILES string of the molecule is CCCCCOc1ccc(/C=C2\SC(=S)N(CCC(=O)O)C2=O)cc1OC. The number of carbonyl (C=O) groups excluding carboxylic acids is 1. The van der Waals surface area contributed by atoms with Crippen molar-refractivity contribution in [1.29, 1.82) is 0 Å². The molecule has 0 aliphatic carbocycles. The van der Waals surface area contributed by atoms with Gasteiger partial charge in [-0.05, 0) is 30.2 Å². The van der Waals surface area contributed by atoms with Crippen LogP contribution in [0.4, 0.5) is 0 Å². The molecule has 0 saturated carbocycles. The number of thioether (sulfide) groups is 1. The van der Waals surface area contributed by atoms with Gasteiger partial charge in [-0.25, -0.2) is 0 Å². The molecule has 1 aromatic rings. The van der Waals surface area contributed by atoms with Crippen molar-refractivity contribution in [1.82, 2.24) is 4.90 Å². The third-order valence-corrected chi connectivity index (χ3v) is 5.29. The minimum Gasteiger partial charge on any atom is -0.493 e. The lowest BCUT2D eigenvalue weighted by atomic mass is 10.2. The van der Waals surface area contributed by atoms with Gasteiger partial charge in [0.1, 0.15) is 4.32 Å². The highest BCUT2D eigenvalue weighted by molar-refractivity contribution is 8.26. The van der Waals surface area contributed by atoms with Crippen LogP contribution in [0.15, 0.2) is 23.1 Å². The van der Waals surface area contributed by atoms with Crippen LogP contribution in [0, 0.1) is 0 Å². The summed E-state index contributed by atoms with van der Waals surface area (Å²) in [6.45, 7) is 2.84. The molecule has 0 aromatic heterocycles. The van der Waals surface area contributed by atoms with Crippen LogP contribution in [0.5, 0.6) is 11.5 Å². The van der Waals surface area contributed by atoms with E-state index in [4.69, 9.17) is 26.8 Å². The normalized spacial score (nSPS) is 15.5. The zero-order valence-electron chi connectivity index (χ0n) is 15.4. The minimum atomic E-state index is -0.965. The van der Waals surface area contributed by atoms with Gasteiger partial charge < -0.3 is 14.6 Å². The van der Waals surface area contributed by atoms with Crippen LogP contribution in [-0.4, -0.2) is 46.5 Å². The summed E-state index contributed by atoms with van der Waals surface area (Å²) in [5.41, 5.74) is 0.784. The van der Waals surface area contributed by atoms with Crippen LogP contribution >= 0.6 is 24.0 Å². The van der Waals surface area contributed by atoms with E-state index in [9.17, 15) is 9.59 Å². The maximum absolute atomic E-state index is 12.5. The highest BCUT2D eigenvalue weighted by atomic mass is 32.2. The molecule has 1 fully saturated rings. The topological polar surface area (TPSA) is 76.1 Å². The molecule has 8 heteroatoms. The molecule has 1 saturated heterocycles. The van der Waals surface area contributed by atoms with Gasteiger partial charge in [0.25, 0.3) is 5.91 Å². The maximum atomic E-state index is 12.5. The molecule has 1 amide bonds. The smallest absolute Gasteiger partial charge is 0.305 e. The number of thiocarbonyl (C=S) groups is 1. The molecule has 1 N–H and O–H groups in total. The van der Waals surface area contributed by atoms with E-state index in [2.05, 4.69) is 6.92 Å². The summed E-state index contributed by atoms with van der Waals surface area (Å²) in [5, 5.41) is 8.79. The van der Waals surface area contributed by atoms with Crippen molar-refractivity contribution < 1.29 is 24.2 Å². The van der Waals surface area contributed by atoms with Crippen molar-refractivity contribution in [2.75, 3.05) is 20.3 Å². The summed E-state index contributed by atoms with van der Waals surface area (Å²) in [7, 11) is 1.57. The number of benzene rings is 1. The lowest BCUT2D eigenvalue weighted by Crippen LogP contribution is -2.30. The van der Waals surface area contributed by atoms with Crippen LogP contribution in [0.3, 0.4) is 0 Å². The van der Waals surface area contributed by atoms with Gasteiger partial charge in [-0.15, -0.1) is 0 Å². The van der Waals surface area contributed by atoms with Gasteiger partial charge in [0.15, 0.2) is 11.5 Å². The minimum absolute atomic E-state index is 0.0746. The van der Waals surface area contributed by atoms with Crippen molar-refractivity contribution in [2.24, 2.45) is 0 Å². The first-order valence-electron chi connectivity index (χ1n) is 8.74. The predicted molar refractivity (Wildman–Crippen MR) is 110 cm³/mol. The van der Waals surface area contributed by atoms with E-state index in [-0.39, 0.29) is 18.9 Å². The summed E-state index contributed by atoms with van der Waals surface area (Å²) < 4.78 is 11.5. The van der Waals surface area contributed by atoms with Crippen LogP contribution in [0.1, 0.15) is 38.2 Å². The van der Waals surface area contributed by atoms with E-state index in [1.54, 1.807) is 19.3 Å². The van der Waals surface area contributed by atoms with E-state index in [1.165, 1.54) is 16.7 Å². The molecule has 6 nitrogen and oxygen atoms in total. The Hall–Kier alpha value is -2.06. The second-order valence-corrected chi connectivity index (χ2v) is 7.62. The molecule has 0 unspecified atom stereocenters. The van der Waals surface area contributed by atoms with Crippen molar-refractivity contribution in [3.8, 4) is 11.5 Å². The second kappa shape index (κ2) is 10.3. The summed E-state index contributed by atoms with van der Waals surface area (Å²) >= 11 is 6.36. The number of carbonyl (C=O) groups is 2. The third kappa shape index (κ3) is 5.97. The van der Waals surface area contributed by atoms with E-state index < -0.39 is 5.97 Å². The number of hydrogen-bond acceptors (Lipinski definition) is 6. The molecule has 0 spiro atoms. The Labute approximate surface area is 168 Å². The summed E-state index contributed by atoms with van der Waals surface area (Å²) in [4.78, 5) is 25.0. The number of unbranched alkanes of at least 4 members (excludes halogenated alkanes) is 2. The van der Waals surface area contributed by atoms with Gasteiger partial charge in [0.05, 0.1) is 25.0 Å². The Morgan fingerprint density at radius 1 is 1.33 bits per heavy atom. The summed E-state index contributed by atoms with van der Waals surface area (Å²) in [6.07, 6.45) is 4.81. The fourth-order valence-corrected chi connectivity index (χ4v) is 3.79. The van der Waals surface area contributed by atoms with Gasteiger partial charge in [-0.3, -0.25) is 14.5 Å². The standard InChI is InChI=1S/C19H23NO5S2/c1-3-4-5-10-25-14-7-6-13(11-15(14)24-2)12-16-18(23)20(19(26)27-16)9-8-17(21)22/h6-7,11-12H,3-5,8-10H2,1-2H3,(H,21,22)/b16-12-. The van der Waals surface area contributed by atoms with Gasteiger partial charge >= 0.3 is 5.97 Å². The molecule has 1 aromatic carbocycles. The van der Waals surface area contributed by atoms with Crippen molar-refractivity contribution in [3.05, 3.63) is 28.7 Å². The number of hydrogen-bond donors (Lipinski definition) is 1. The molecular formula is C19H23NO5S2. The van der Waals surface area contributed by atoms with Crippen molar-refractivity contribution in [2.45, 2.75) is 32.6 Å². The van der Waals surface area contributed by atoms with Gasteiger partial charge in [-0.1, -0.05) is 49.8 Å². The van der Waals surface area contributed by atoms with Gasteiger partial charge in [-0.2, -0.15) is 0 Å². The third-order valence-electron chi connectivity index (χ3n) is 3.91. The molecule has 2 rings (SSSR count). The quantitative estimate of drug-likeness (QED) is 0.356. The predicted octanol–water partition coefficient (Wildman–Crippen LogP) is 3.94.